The molecular formula is C30H49N4O6S2+. The van der Waals surface area contributed by atoms with Crippen molar-refractivity contribution in [2.45, 2.75) is 97.3 Å². The second-order valence-corrected chi connectivity index (χ2v) is 17.9. The van der Waals surface area contributed by atoms with E-state index in [2.05, 4.69) is 21.9 Å². The zero-order valence-electron chi connectivity index (χ0n) is 26.4. The molecule has 10 nitrogen and oxygen atoms in total. The lowest BCUT2D eigenvalue weighted by Crippen LogP contribution is -2.60. The molecule has 1 saturated carbocycles. The van der Waals surface area contributed by atoms with Gasteiger partial charge in [0, 0.05) is 24.3 Å². The fraction of sp³-hybridized carbons (Fsp3) is 0.700. The Hall–Kier alpha value is -2.31. The Labute approximate surface area is 251 Å². The lowest BCUT2D eigenvalue weighted by molar-refractivity contribution is -0.710. The van der Waals surface area contributed by atoms with Gasteiger partial charge < -0.3 is 9.72 Å². The zero-order valence-corrected chi connectivity index (χ0v) is 28.1. The number of carbonyl (C=O) groups is 1. The Morgan fingerprint density at radius 3 is 2.43 bits per heavy atom. The normalized spacial score (nSPS) is 18.8. The smallest absolute Gasteiger partial charge is 0.413 e. The van der Waals surface area contributed by atoms with Gasteiger partial charge in [0.15, 0.2) is 0 Å². The number of aromatic amines is 1. The number of rotatable bonds is 14. The van der Waals surface area contributed by atoms with Crippen LogP contribution in [0.4, 0.5) is 4.79 Å². The lowest BCUT2D eigenvalue weighted by Gasteiger charge is -2.38. The molecule has 2 heterocycles. The van der Waals surface area contributed by atoms with Crippen molar-refractivity contribution in [1.82, 2.24) is 15.0 Å². The maximum Gasteiger partial charge on any atom is 0.532 e. The first-order chi connectivity index (χ1) is 19.4. The summed E-state index contributed by atoms with van der Waals surface area (Å²) in [6.45, 7) is 11.0. The van der Waals surface area contributed by atoms with Crippen molar-refractivity contribution < 1.29 is 30.3 Å². The Balaban J connectivity index is 1.92. The summed E-state index contributed by atoms with van der Waals surface area (Å²) in [6.07, 6.45) is 10.0. The first-order valence-corrected chi connectivity index (χ1v) is 18.4. The zero-order chi connectivity index (χ0) is 31.6. The maximum atomic E-state index is 14.6. The van der Waals surface area contributed by atoms with Gasteiger partial charge in [-0.3, -0.25) is 0 Å². The number of hydrogen-bond donors (Lipinski definition) is 1. The van der Waals surface area contributed by atoms with Crippen LogP contribution in [0.25, 0.3) is 17.1 Å². The van der Waals surface area contributed by atoms with Crippen LogP contribution in [0.5, 0.6) is 0 Å². The van der Waals surface area contributed by atoms with E-state index < -0.39 is 40.7 Å². The molecule has 1 fully saturated rings. The highest BCUT2D eigenvalue weighted by Gasteiger charge is 2.58. The van der Waals surface area contributed by atoms with E-state index in [1.54, 1.807) is 20.8 Å². The van der Waals surface area contributed by atoms with Crippen LogP contribution in [-0.2, 0) is 24.6 Å². The van der Waals surface area contributed by atoms with Crippen molar-refractivity contribution in [2.24, 2.45) is 11.3 Å². The number of H-pyrrole nitrogens is 1. The molecule has 0 bridgehead atoms. The van der Waals surface area contributed by atoms with Crippen molar-refractivity contribution in [1.29, 1.82) is 0 Å². The van der Waals surface area contributed by atoms with Gasteiger partial charge >= 0.3 is 16.1 Å². The van der Waals surface area contributed by atoms with E-state index in [1.165, 1.54) is 13.4 Å². The number of amides is 1. The largest absolute Gasteiger partial charge is 0.532 e. The van der Waals surface area contributed by atoms with Gasteiger partial charge in [-0.15, -0.1) is 3.89 Å². The van der Waals surface area contributed by atoms with E-state index >= 15 is 0 Å². The highest BCUT2D eigenvalue weighted by Crippen LogP contribution is 2.57. The second-order valence-electron chi connectivity index (χ2n) is 13.2. The average molecular weight is 626 g/mol. The van der Waals surface area contributed by atoms with Gasteiger partial charge in [-0.1, -0.05) is 25.8 Å². The number of quaternary nitrogens is 1. The van der Waals surface area contributed by atoms with Gasteiger partial charge in [-0.25, -0.2) is 18.4 Å². The van der Waals surface area contributed by atoms with Crippen molar-refractivity contribution in [3.8, 4) is 0 Å². The Morgan fingerprint density at radius 1 is 1.19 bits per heavy atom. The van der Waals surface area contributed by atoms with Crippen LogP contribution < -0.4 is 0 Å². The van der Waals surface area contributed by atoms with E-state index in [-0.39, 0.29) is 30.1 Å². The summed E-state index contributed by atoms with van der Waals surface area (Å²) in [6, 6.07) is 1.93. The summed E-state index contributed by atoms with van der Waals surface area (Å²) >= 11 is 0. The van der Waals surface area contributed by atoms with Crippen LogP contribution in [0.3, 0.4) is 0 Å². The molecule has 2 aromatic rings. The third-order valence-electron chi connectivity index (χ3n) is 8.77. The molecule has 42 heavy (non-hydrogen) atoms. The van der Waals surface area contributed by atoms with Gasteiger partial charge in [0.1, 0.15) is 39.2 Å². The van der Waals surface area contributed by atoms with E-state index in [4.69, 9.17) is 4.74 Å². The van der Waals surface area contributed by atoms with Gasteiger partial charge in [-0.05, 0) is 83.3 Å². The molecule has 0 aromatic carbocycles. The Bertz CT molecular complexity index is 1500. The number of carbonyl (C=O) groups excluding carboxylic acids is 1. The molecule has 3 rings (SSSR count). The van der Waals surface area contributed by atoms with Crippen LogP contribution in [0.1, 0.15) is 92.2 Å². The van der Waals surface area contributed by atoms with E-state index in [1.807, 2.05) is 32.2 Å². The monoisotopic (exact) mass is 625 g/mol. The summed E-state index contributed by atoms with van der Waals surface area (Å²) in [5.41, 5.74) is 1.65. The molecule has 12 heteroatoms. The van der Waals surface area contributed by atoms with Gasteiger partial charge in [0.2, 0.25) is 0 Å². The van der Waals surface area contributed by atoms with Crippen LogP contribution in [0.15, 0.2) is 24.2 Å². The van der Waals surface area contributed by atoms with E-state index in [9.17, 15) is 21.6 Å². The van der Waals surface area contributed by atoms with E-state index in [0.717, 1.165) is 47.8 Å². The summed E-state index contributed by atoms with van der Waals surface area (Å²) in [4.78, 5) is 25.3. The third-order valence-corrected chi connectivity index (χ3v) is 12.7. The van der Waals surface area contributed by atoms with Crippen molar-refractivity contribution >= 4 is 43.1 Å². The molecule has 1 N–H and O–H groups in total. The SMILES string of the molecule is CCC1(C(C)C(CCCC(C)=Cc2ncnc3[nH]ccc23)S(=O)(=O)[N+](C)(CCCS(C)(=O)=O)C(=O)OC(C)(C)C)CC1. The molecule has 3 atom stereocenters. The second kappa shape index (κ2) is 12.7. The van der Waals surface area contributed by atoms with Crippen molar-refractivity contribution in [2.75, 3.05) is 25.6 Å². The number of aromatic nitrogens is 3. The predicted octanol–water partition coefficient (Wildman–Crippen LogP) is 5.87. The molecule has 0 saturated heterocycles. The van der Waals surface area contributed by atoms with Crippen LogP contribution in [0.2, 0.25) is 0 Å². The molecule has 0 radical (unpaired) electrons. The molecule has 1 amide bonds. The maximum absolute atomic E-state index is 14.6. The molecule has 0 spiro atoms. The lowest BCUT2D eigenvalue weighted by atomic mass is 9.84. The number of sulfone groups is 1. The van der Waals surface area contributed by atoms with Crippen LogP contribution in [-0.4, -0.2) is 78.2 Å². The van der Waals surface area contributed by atoms with Crippen molar-refractivity contribution in [3.05, 3.63) is 29.9 Å². The molecule has 0 aliphatic heterocycles. The first-order valence-electron chi connectivity index (χ1n) is 14.8. The molecule has 2 aromatic heterocycles. The summed E-state index contributed by atoms with van der Waals surface area (Å²) in [5.74, 6) is -0.382. The topological polar surface area (TPSA) is 136 Å². The number of nitrogens with zero attached hydrogens (tertiary/aromatic N) is 3. The highest BCUT2D eigenvalue weighted by atomic mass is 32.2. The summed E-state index contributed by atoms with van der Waals surface area (Å²) < 4.78 is 57.7. The quantitative estimate of drug-likeness (QED) is 0.257. The van der Waals surface area contributed by atoms with Gasteiger partial charge in [-0.2, -0.15) is 13.2 Å². The molecular weight excluding hydrogens is 576 g/mol. The fourth-order valence-corrected chi connectivity index (χ4v) is 8.99. The Morgan fingerprint density at radius 2 is 1.86 bits per heavy atom. The van der Waals surface area contributed by atoms with Crippen LogP contribution >= 0.6 is 0 Å². The van der Waals surface area contributed by atoms with Crippen LogP contribution in [0, 0.1) is 11.3 Å². The molecule has 236 valence electrons. The predicted molar refractivity (Wildman–Crippen MR) is 167 cm³/mol. The average Bonchev–Trinajstić information content (AvgIpc) is 3.52. The summed E-state index contributed by atoms with van der Waals surface area (Å²) in [7, 11) is -6.12. The number of nitrogens with one attached hydrogen (secondary N) is 1. The number of ether oxygens (including phenoxy) is 1. The number of allylic oxidation sites excluding steroid dienone is 1. The highest BCUT2D eigenvalue weighted by molar-refractivity contribution is 7.90. The van der Waals surface area contributed by atoms with E-state index in [0.29, 0.717) is 19.3 Å². The minimum Gasteiger partial charge on any atom is -0.413 e. The number of sulfonamides is 1. The third kappa shape index (κ3) is 7.99. The molecule has 3 unspecified atom stereocenters. The van der Waals surface area contributed by atoms with Gasteiger partial charge in [0.25, 0.3) is 0 Å². The molecule has 1 aliphatic carbocycles. The first kappa shape index (κ1) is 34.2. The molecule has 1 aliphatic rings. The Kier molecular flexibility index (Phi) is 10.4. The van der Waals surface area contributed by atoms with Gasteiger partial charge in [0.05, 0.1) is 18.5 Å². The minimum atomic E-state index is -4.16. The number of fused-ring (bicyclic) bond motifs is 1. The standard InChI is InChI=1S/C30H49N4O6S2/c1-9-30(15-16-30)23(3)26(13-10-12-22(2)20-25-24-14-17-31-27(24)33-21-32-25)42(38,39)34(7,18-11-19-41(8,36)37)28(35)40-29(4,5)6/h14,17,20-21,23,26H,9-13,15-16,18-19H2,1-8H3,(H,31,32,33)/q+1. The summed E-state index contributed by atoms with van der Waals surface area (Å²) in [5, 5.41) is 0.128. The van der Waals surface area contributed by atoms with Crippen molar-refractivity contribution in [3.63, 3.8) is 0 Å². The fourth-order valence-electron chi connectivity index (χ4n) is 5.85. The minimum absolute atomic E-state index is 0.0300. The number of hydrogen-bond acceptors (Lipinski definition) is 8.